The van der Waals surface area contributed by atoms with E-state index in [1.165, 1.54) is 11.8 Å². The Bertz CT molecular complexity index is 1100. The van der Waals surface area contributed by atoms with Crippen molar-refractivity contribution in [3.05, 3.63) is 76.6 Å². The monoisotopic (exact) mass is 456 g/mol. The molecule has 3 aromatic rings. The summed E-state index contributed by atoms with van der Waals surface area (Å²) in [6.07, 6.45) is 1.77. The Morgan fingerprint density at radius 3 is 2.71 bits per heavy atom. The summed E-state index contributed by atoms with van der Waals surface area (Å²) in [6.45, 7) is 10.6. The highest BCUT2D eigenvalue weighted by molar-refractivity contribution is 7.99. The van der Waals surface area contributed by atoms with Crippen LogP contribution in [0.3, 0.4) is 0 Å². The van der Waals surface area contributed by atoms with Gasteiger partial charge in [-0.3, -0.25) is 9.36 Å². The molecule has 0 saturated carbocycles. The summed E-state index contributed by atoms with van der Waals surface area (Å²) in [4.78, 5) is 12.4. The molecule has 0 spiro atoms. The van der Waals surface area contributed by atoms with Crippen molar-refractivity contribution in [2.24, 2.45) is 0 Å². The average Bonchev–Trinajstić information content (AvgIpc) is 3.12. The Labute approximate surface area is 191 Å². The molecular formula is C23H25ClN4O2S. The van der Waals surface area contributed by atoms with E-state index in [0.29, 0.717) is 28.2 Å². The Hall–Kier alpha value is -2.77. The van der Waals surface area contributed by atoms with E-state index in [1.807, 2.05) is 55.7 Å². The molecule has 0 radical (unpaired) electrons. The number of aryl methyl sites for hydroxylation is 3. The number of allylic oxidation sites excluding steroid dienone is 1. The Kier molecular flexibility index (Phi) is 7.76. The van der Waals surface area contributed by atoms with Crippen LogP contribution in [0.1, 0.15) is 22.5 Å². The van der Waals surface area contributed by atoms with Crippen LogP contribution in [0.5, 0.6) is 5.75 Å². The first-order valence-corrected chi connectivity index (χ1v) is 11.2. The van der Waals surface area contributed by atoms with Crippen LogP contribution in [0.2, 0.25) is 5.02 Å². The molecule has 0 fully saturated rings. The van der Waals surface area contributed by atoms with Gasteiger partial charge in [-0.1, -0.05) is 47.6 Å². The summed E-state index contributed by atoms with van der Waals surface area (Å²) >= 11 is 7.43. The number of amides is 1. The molecular weight excluding hydrogens is 432 g/mol. The minimum absolute atomic E-state index is 0.147. The minimum atomic E-state index is -0.147. The van der Waals surface area contributed by atoms with Crippen LogP contribution >= 0.6 is 23.4 Å². The molecule has 3 rings (SSSR count). The van der Waals surface area contributed by atoms with Crippen molar-refractivity contribution in [3.8, 4) is 5.75 Å². The van der Waals surface area contributed by atoms with Crippen LogP contribution in [-0.2, 0) is 17.9 Å². The normalized spacial score (nSPS) is 10.7. The number of benzene rings is 2. The molecule has 1 aromatic heterocycles. The summed E-state index contributed by atoms with van der Waals surface area (Å²) < 4.78 is 7.87. The number of anilines is 1. The maximum Gasteiger partial charge on any atom is 0.234 e. The van der Waals surface area contributed by atoms with Gasteiger partial charge >= 0.3 is 0 Å². The third-order valence-corrected chi connectivity index (χ3v) is 5.97. The van der Waals surface area contributed by atoms with Crippen LogP contribution in [-0.4, -0.2) is 26.4 Å². The van der Waals surface area contributed by atoms with E-state index >= 15 is 0 Å². The molecule has 0 aliphatic heterocycles. The Morgan fingerprint density at radius 1 is 1.19 bits per heavy atom. The second-order valence-corrected chi connectivity index (χ2v) is 8.51. The molecule has 0 saturated heterocycles. The van der Waals surface area contributed by atoms with Crippen LogP contribution in [0.25, 0.3) is 0 Å². The maximum absolute atomic E-state index is 12.4. The van der Waals surface area contributed by atoms with Gasteiger partial charge in [0.15, 0.2) is 11.0 Å². The van der Waals surface area contributed by atoms with Crippen molar-refractivity contribution in [2.45, 2.75) is 39.1 Å². The third kappa shape index (κ3) is 6.12. The van der Waals surface area contributed by atoms with E-state index in [4.69, 9.17) is 16.3 Å². The van der Waals surface area contributed by atoms with E-state index < -0.39 is 0 Å². The van der Waals surface area contributed by atoms with E-state index in [0.717, 1.165) is 22.4 Å². The zero-order chi connectivity index (χ0) is 22.4. The smallest absolute Gasteiger partial charge is 0.234 e. The minimum Gasteiger partial charge on any atom is -0.485 e. The Balaban J connectivity index is 1.64. The summed E-state index contributed by atoms with van der Waals surface area (Å²) in [5, 5.41) is 12.6. The summed E-state index contributed by atoms with van der Waals surface area (Å²) in [5.41, 5.74) is 3.81. The molecule has 1 heterocycles. The lowest BCUT2D eigenvalue weighted by Gasteiger charge is -2.11. The van der Waals surface area contributed by atoms with Gasteiger partial charge in [0.2, 0.25) is 5.91 Å². The number of rotatable bonds is 9. The fourth-order valence-electron chi connectivity index (χ4n) is 2.85. The van der Waals surface area contributed by atoms with Crippen molar-refractivity contribution in [1.82, 2.24) is 14.8 Å². The zero-order valence-electron chi connectivity index (χ0n) is 17.8. The number of hydrogen-bond donors (Lipinski definition) is 1. The summed E-state index contributed by atoms with van der Waals surface area (Å²) in [6, 6.07) is 11.5. The summed E-state index contributed by atoms with van der Waals surface area (Å²) in [5.74, 6) is 1.54. The first-order valence-electron chi connectivity index (χ1n) is 9.79. The van der Waals surface area contributed by atoms with Crippen LogP contribution in [0.15, 0.2) is 54.2 Å². The number of nitrogens with zero attached hydrogens (tertiary/aromatic N) is 3. The second kappa shape index (κ2) is 10.5. The molecule has 1 amide bonds. The highest BCUT2D eigenvalue weighted by Crippen LogP contribution is 2.23. The number of carbonyl (C=O) groups excluding carboxylic acids is 1. The van der Waals surface area contributed by atoms with Gasteiger partial charge in [0.25, 0.3) is 0 Å². The highest BCUT2D eigenvalue weighted by atomic mass is 35.5. The molecule has 2 aromatic carbocycles. The molecule has 0 aliphatic rings. The second-order valence-electron chi connectivity index (χ2n) is 7.16. The molecule has 6 nitrogen and oxygen atoms in total. The predicted molar refractivity (Wildman–Crippen MR) is 126 cm³/mol. The van der Waals surface area contributed by atoms with Crippen molar-refractivity contribution in [1.29, 1.82) is 0 Å². The number of thioether (sulfide) groups is 1. The lowest BCUT2D eigenvalue weighted by Crippen LogP contribution is -2.15. The van der Waals surface area contributed by atoms with E-state index in [2.05, 4.69) is 22.1 Å². The van der Waals surface area contributed by atoms with Gasteiger partial charge in [-0.25, -0.2) is 0 Å². The molecule has 1 N–H and O–H groups in total. The molecule has 0 unspecified atom stereocenters. The summed E-state index contributed by atoms with van der Waals surface area (Å²) in [7, 11) is 0. The highest BCUT2D eigenvalue weighted by Gasteiger charge is 2.15. The number of aromatic nitrogens is 3. The van der Waals surface area contributed by atoms with Gasteiger partial charge in [-0.2, -0.15) is 0 Å². The lowest BCUT2D eigenvalue weighted by molar-refractivity contribution is -0.113. The number of hydrogen-bond acceptors (Lipinski definition) is 5. The van der Waals surface area contributed by atoms with E-state index in [-0.39, 0.29) is 18.3 Å². The van der Waals surface area contributed by atoms with E-state index in [1.54, 1.807) is 12.1 Å². The molecule has 0 bridgehead atoms. The van der Waals surface area contributed by atoms with Gasteiger partial charge in [-0.15, -0.1) is 16.8 Å². The lowest BCUT2D eigenvalue weighted by atomic mass is 10.1. The molecule has 0 aliphatic carbocycles. The van der Waals surface area contributed by atoms with Crippen LogP contribution in [0.4, 0.5) is 5.69 Å². The van der Waals surface area contributed by atoms with Crippen molar-refractivity contribution in [2.75, 3.05) is 11.1 Å². The van der Waals surface area contributed by atoms with Gasteiger partial charge in [-0.05, 0) is 55.7 Å². The van der Waals surface area contributed by atoms with Gasteiger partial charge in [0.1, 0.15) is 12.4 Å². The van der Waals surface area contributed by atoms with Crippen LogP contribution < -0.4 is 10.1 Å². The predicted octanol–water partition coefficient (Wildman–Crippen LogP) is 5.35. The van der Waals surface area contributed by atoms with Gasteiger partial charge in [0.05, 0.1) is 5.75 Å². The number of carbonyl (C=O) groups is 1. The van der Waals surface area contributed by atoms with Crippen molar-refractivity contribution >= 4 is 35.0 Å². The number of halogens is 1. The first kappa shape index (κ1) is 22.9. The third-order valence-electron chi connectivity index (χ3n) is 4.59. The maximum atomic E-state index is 12.4. The van der Waals surface area contributed by atoms with Crippen LogP contribution in [0, 0.1) is 20.8 Å². The zero-order valence-corrected chi connectivity index (χ0v) is 19.4. The fourth-order valence-corrected chi connectivity index (χ4v) is 3.80. The fraction of sp³-hybridized carbons (Fsp3) is 0.261. The number of ether oxygens (including phenoxy) is 1. The molecule has 8 heteroatoms. The molecule has 31 heavy (non-hydrogen) atoms. The average molecular weight is 457 g/mol. The van der Waals surface area contributed by atoms with Gasteiger partial charge < -0.3 is 10.1 Å². The van der Waals surface area contributed by atoms with Gasteiger partial charge in [0, 0.05) is 17.3 Å². The van der Waals surface area contributed by atoms with Crippen molar-refractivity contribution < 1.29 is 9.53 Å². The van der Waals surface area contributed by atoms with E-state index in [9.17, 15) is 4.79 Å². The molecule has 162 valence electrons. The van der Waals surface area contributed by atoms with Crippen molar-refractivity contribution in [3.63, 3.8) is 0 Å². The Morgan fingerprint density at radius 2 is 1.97 bits per heavy atom. The topological polar surface area (TPSA) is 69.0 Å². The first-order chi connectivity index (χ1) is 14.9. The standard InChI is InChI=1S/C23H25ClN4O2S/c1-5-10-28-21(13-30-20-11-15(2)6-7-17(20)4)26-27-23(28)31-14-22(29)25-18-9-8-16(3)19(24)12-18/h5-9,11-12H,1,10,13-14H2,2-4H3,(H,25,29). The molecule has 0 atom stereocenters. The number of nitrogens with one attached hydrogen (secondary N) is 1. The largest absolute Gasteiger partial charge is 0.485 e. The SMILES string of the molecule is C=CCn1c(COc2cc(C)ccc2C)nnc1SCC(=O)Nc1ccc(C)c(Cl)c1. The quantitative estimate of drug-likeness (QED) is 0.347.